The SMILES string of the molecule is Cn1cnnc1CCNC1CCN(C(=O)OC(C)(C)C)C1. The Bertz CT molecular complexity index is 480. The number of aromatic nitrogens is 3. The highest BCUT2D eigenvalue weighted by atomic mass is 16.6. The van der Waals surface area contributed by atoms with Gasteiger partial charge in [0.2, 0.25) is 0 Å². The number of rotatable bonds is 4. The molecule has 7 nitrogen and oxygen atoms in total. The molecule has 0 bridgehead atoms. The average molecular weight is 295 g/mol. The number of carbonyl (C=O) groups excluding carboxylic acids is 1. The normalized spacial score (nSPS) is 19.0. The van der Waals surface area contributed by atoms with Crippen molar-refractivity contribution < 1.29 is 9.53 Å². The summed E-state index contributed by atoms with van der Waals surface area (Å²) < 4.78 is 7.31. The lowest BCUT2D eigenvalue weighted by Crippen LogP contribution is -2.38. The van der Waals surface area contributed by atoms with E-state index >= 15 is 0 Å². The molecule has 1 saturated heterocycles. The number of nitrogens with one attached hydrogen (secondary N) is 1. The van der Waals surface area contributed by atoms with Crippen molar-refractivity contribution in [3.05, 3.63) is 12.2 Å². The third-order valence-corrected chi connectivity index (χ3v) is 3.43. The summed E-state index contributed by atoms with van der Waals surface area (Å²) in [4.78, 5) is 13.7. The molecule has 0 aliphatic carbocycles. The highest BCUT2D eigenvalue weighted by Gasteiger charge is 2.29. The van der Waals surface area contributed by atoms with Crippen molar-refractivity contribution in [3.63, 3.8) is 0 Å². The quantitative estimate of drug-likeness (QED) is 0.895. The van der Waals surface area contributed by atoms with E-state index in [4.69, 9.17) is 4.74 Å². The van der Waals surface area contributed by atoms with Gasteiger partial charge < -0.3 is 19.5 Å². The van der Waals surface area contributed by atoms with Gasteiger partial charge in [-0.1, -0.05) is 0 Å². The minimum absolute atomic E-state index is 0.222. The van der Waals surface area contributed by atoms with Gasteiger partial charge in [0.25, 0.3) is 0 Å². The molecule has 1 aromatic heterocycles. The lowest BCUT2D eigenvalue weighted by Gasteiger charge is -2.24. The van der Waals surface area contributed by atoms with Crippen LogP contribution < -0.4 is 5.32 Å². The Balaban J connectivity index is 1.70. The first-order valence-corrected chi connectivity index (χ1v) is 7.39. The van der Waals surface area contributed by atoms with E-state index in [2.05, 4.69) is 15.5 Å². The third-order valence-electron chi connectivity index (χ3n) is 3.43. The maximum absolute atomic E-state index is 12.0. The zero-order valence-corrected chi connectivity index (χ0v) is 13.3. The summed E-state index contributed by atoms with van der Waals surface area (Å²) >= 11 is 0. The predicted octanol–water partition coefficient (Wildman–Crippen LogP) is 0.957. The molecule has 0 aromatic carbocycles. The molecule has 1 aromatic rings. The van der Waals surface area contributed by atoms with Crippen LogP contribution in [0.3, 0.4) is 0 Å². The Morgan fingerprint density at radius 1 is 1.52 bits per heavy atom. The third kappa shape index (κ3) is 4.70. The molecular weight excluding hydrogens is 270 g/mol. The maximum atomic E-state index is 12.0. The Labute approximate surface area is 125 Å². The molecule has 1 atom stereocenters. The van der Waals surface area contributed by atoms with Crippen LogP contribution in [0.5, 0.6) is 0 Å². The van der Waals surface area contributed by atoms with Gasteiger partial charge in [-0.25, -0.2) is 4.79 Å². The van der Waals surface area contributed by atoms with Crippen LogP contribution in [0.25, 0.3) is 0 Å². The molecule has 2 rings (SSSR count). The smallest absolute Gasteiger partial charge is 0.410 e. The molecule has 1 aliphatic rings. The minimum atomic E-state index is -0.437. The molecule has 7 heteroatoms. The lowest BCUT2D eigenvalue weighted by molar-refractivity contribution is 0.0291. The molecule has 0 spiro atoms. The highest BCUT2D eigenvalue weighted by Crippen LogP contribution is 2.15. The van der Waals surface area contributed by atoms with Crippen molar-refractivity contribution in [2.45, 2.75) is 45.3 Å². The van der Waals surface area contributed by atoms with Crippen LogP contribution in [0, 0.1) is 0 Å². The van der Waals surface area contributed by atoms with E-state index in [0.717, 1.165) is 31.8 Å². The van der Waals surface area contributed by atoms with Gasteiger partial charge in [0.15, 0.2) is 0 Å². The monoisotopic (exact) mass is 295 g/mol. The van der Waals surface area contributed by atoms with Crippen molar-refractivity contribution in [1.29, 1.82) is 0 Å². The van der Waals surface area contributed by atoms with Crippen molar-refractivity contribution in [2.75, 3.05) is 19.6 Å². The fourth-order valence-corrected chi connectivity index (χ4v) is 2.34. The molecule has 21 heavy (non-hydrogen) atoms. The summed E-state index contributed by atoms with van der Waals surface area (Å²) in [5.41, 5.74) is -0.437. The molecule has 1 fully saturated rings. The van der Waals surface area contributed by atoms with Crippen LogP contribution in [0.4, 0.5) is 4.79 Å². The van der Waals surface area contributed by atoms with E-state index in [9.17, 15) is 4.79 Å². The van der Waals surface area contributed by atoms with Gasteiger partial charge in [-0.3, -0.25) is 0 Å². The summed E-state index contributed by atoms with van der Waals surface area (Å²) in [6, 6.07) is 0.325. The molecule has 1 aliphatic heterocycles. The number of aryl methyl sites for hydroxylation is 1. The fraction of sp³-hybridized carbons (Fsp3) is 0.786. The van der Waals surface area contributed by atoms with Crippen LogP contribution in [-0.4, -0.2) is 57.0 Å². The number of ether oxygens (including phenoxy) is 1. The van der Waals surface area contributed by atoms with Crippen molar-refractivity contribution >= 4 is 6.09 Å². The first-order chi connectivity index (χ1) is 9.85. The van der Waals surface area contributed by atoms with E-state index in [1.807, 2.05) is 32.4 Å². The lowest BCUT2D eigenvalue weighted by atomic mass is 10.2. The molecule has 1 N–H and O–H groups in total. The number of nitrogens with zero attached hydrogens (tertiary/aromatic N) is 4. The highest BCUT2D eigenvalue weighted by molar-refractivity contribution is 5.68. The minimum Gasteiger partial charge on any atom is -0.444 e. The van der Waals surface area contributed by atoms with Crippen LogP contribution in [-0.2, 0) is 18.2 Å². The molecule has 118 valence electrons. The van der Waals surface area contributed by atoms with Crippen molar-refractivity contribution in [3.8, 4) is 0 Å². The van der Waals surface area contributed by atoms with Crippen LogP contribution in [0.1, 0.15) is 33.0 Å². The van der Waals surface area contributed by atoms with Crippen LogP contribution >= 0.6 is 0 Å². The summed E-state index contributed by atoms with van der Waals surface area (Å²) in [5, 5.41) is 11.4. The number of likely N-dealkylation sites (tertiary alicyclic amines) is 1. The van der Waals surface area contributed by atoms with E-state index < -0.39 is 5.60 Å². The van der Waals surface area contributed by atoms with Gasteiger partial charge in [-0.05, 0) is 27.2 Å². The molecule has 2 heterocycles. The van der Waals surface area contributed by atoms with Gasteiger partial charge in [0.05, 0.1) is 0 Å². The summed E-state index contributed by atoms with van der Waals surface area (Å²) in [6.45, 7) is 7.94. The van der Waals surface area contributed by atoms with Crippen LogP contribution in [0.2, 0.25) is 0 Å². The summed E-state index contributed by atoms with van der Waals surface area (Å²) in [5.74, 6) is 0.962. The van der Waals surface area contributed by atoms with E-state index in [1.165, 1.54) is 0 Å². The van der Waals surface area contributed by atoms with Gasteiger partial charge in [0, 0.05) is 39.1 Å². The largest absolute Gasteiger partial charge is 0.444 e. The van der Waals surface area contributed by atoms with Gasteiger partial charge >= 0.3 is 6.09 Å². The molecule has 0 radical (unpaired) electrons. The second kappa shape index (κ2) is 6.43. The van der Waals surface area contributed by atoms with Gasteiger partial charge in [0.1, 0.15) is 17.8 Å². The Morgan fingerprint density at radius 3 is 2.90 bits per heavy atom. The zero-order valence-electron chi connectivity index (χ0n) is 13.3. The number of carbonyl (C=O) groups is 1. The topological polar surface area (TPSA) is 72.3 Å². The predicted molar refractivity (Wildman–Crippen MR) is 78.9 cm³/mol. The number of hydrogen-bond donors (Lipinski definition) is 1. The summed E-state index contributed by atoms with van der Waals surface area (Å²) in [6.07, 6.45) is 3.27. The average Bonchev–Trinajstić information content (AvgIpc) is 2.97. The van der Waals surface area contributed by atoms with Crippen molar-refractivity contribution in [2.24, 2.45) is 7.05 Å². The molecular formula is C14H25N5O2. The molecule has 1 unspecified atom stereocenters. The van der Waals surface area contributed by atoms with E-state index in [0.29, 0.717) is 12.6 Å². The molecule has 1 amide bonds. The Kier molecular flexibility index (Phi) is 4.82. The second-order valence-electron chi connectivity index (χ2n) is 6.47. The van der Waals surface area contributed by atoms with Gasteiger partial charge in [-0.15, -0.1) is 10.2 Å². The molecule has 0 saturated carbocycles. The first kappa shape index (κ1) is 15.8. The standard InChI is InChI=1S/C14H25N5O2/c1-14(2,3)21-13(20)19-8-6-11(9-19)15-7-5-12-17-16-10-18(12)4/h10-11,15H,5-9H2,1-4H3. The van der Waals surface area contributed by atoms with Gasteiger partial charge in [-0.2, -0.15) is 0 Å². The fourth-order valence-electron chi connectivity index (χ4n) is 2.34. The van der Waals surface area contributed by atoms with Crippen molar-refractivity contribution in [1.82, 2.24) is 25.0 Å². The number of amides is 1. The Hall–Kier alpha value is -1.63. The maximum Gasteiger partial charge on any atom is 0.410 e. The zero-order chi connectivity index (χ0) is 15.5. The van der Waals surface area contributed by atoms with E-state index in [1.54, 1.807) is 11.2 Å². The second-order valence-corrected chi connectivity index (χ2v) is 6.47. The number of hydrogen-bond acceptors (Lipinski definition) is 5. The van der Waals surface area contributed by atoms with Crippen LogP contribution in [0.15, 0.2) is 6.33 Å². The van der Waals surface area contributed by atoms with E-state index in [-0.39, 0.29) is 6.09 Å². The first-order valence-electron chi connectivity index (χ1n) is 7.39. The summed E-state index contributed by atoms with van der Waals surface area (Å²) in [7, 11) is 1.94. The Morgan fingerprint density at radius 2 is 2.29 bits per heavy atom.